The van der Waals surface area contributed by atoms with E-state index >= 15 is 0 Å². The third-order valence-corrected chi connectivity index (χ3v) is 4.13. The molecule has 7 nitrogen and oxygen atoms in total. The zero-order valence-electron chi connectivity index (χ0n) is 13.5. The van der Waals surface area contributed by atoms with Crippen molar-refractivity contribution < 1.29 is 0 Å². The van der Waals surface area contributed by atoms with Crippen molar-refractivity contribution >= 4 is 5.82 Å². The molecule has 24 heavy (non-hydrogen) atoms. The lowest BCUT2D eigenvalue weighted by Crippen LogP contribution is -2.46. The van der Waals surface area contributed by atoms with E-state index in [0.29, 0.717) is 17.1 Å². The summed E-state index contributed by atoms with van der Waals surface area (Å²) in [4.78, 5) is 17.1. The fourth-order valence-corrected chi connectivity index (χ4v) is 2.79. The fraction of sp³-hybridized carbons (Fsp3) is 0.353. The lowest BCUT2D eigenvalue weighted by molar-refractivity contribution is 0.249. The molecule has 1 fully saturated rings. The zero-order valence-corrected chi connectivity index (χ0v) is 13.5. The minimum Gasteiger partial charge on any atom is -0.352 e. The van der Waals surface area contributed by atoms with Gasteiger partial charge < -0.3 is 4.90 Å². The van der Waals surface area contributed by atoms with Gasteiger partial charge in [-0.15, -0.1) is 0 Å². The van der Waals surface area contributed by atoms with Gasteiger partial charge >= 0.3 is 0 Å². The zero-order chi connectivity index (χ0) is 16.9. The van der Waals surface area contributed by atoms with Crippen molar-refractivity contribution in [3.05, 3.63) is 47.2 Å². The Morgan fingerprint density at radius 3 is 2.50 bits per heavy atom. The van der Waals surface area contributed by atoms with E-state index in [0.717, 1.165) is 44.0 Å². The topological polar surface area (TPSA) is 92.7 Å². The van der Waals surface area contributed by atoms with Crippen molar-refractivity contribution in [1.82, 2.24) is 19.9 Å². The highest BCUT2D eigenvalue weighted by Crippen LogP contribution is 2.17. The molecular formula is C17H17N7. The first-order valence-corrected chi connectivity index (χ1v) is 7.75. The molecule has 7 heteroatoms. The summed E-state index contributed by atoms with van der Waals surface area (Å²) in [5.74, 6) is 0.656. The smallest absolute Gasteiger partial charge is 0.183 e. The Hall–Kier alpha value is -3.03. The van der Waals surface area contributed by atoms with Crippen LogP contribution in [0.4, 0.5) is 5.82 Å². The molecule has 0 unspecified atom stereocenters. The number of hydrogen-bond donors (Lipinski definition) is 0. The first kappa shape index (κ1) is 15.9. The van der Waals surface area contributed by atoms with Crippen LogP contribution in [-0.4, -0.2) is 46.0 Å². The standard InChI is InChI=1S/C17H17N7/c1-13-15(9-18)8-14(11-22-13)12-23-4-6-24(7-5-23)17-16(10-19)20-2-3-21-17/h2-3,8,11H,4-7,12H2,1H3. The molecule has 0 amide bonds. The third kappa shape index (κ3) is 3.32. The van der Waals surface area contributed by atoms with Crippen molar-refractivity contribution in [3.8, 4) is 12.1 Å². The van der Waals surface area contributed by atoms with Crippen LogP contribution in [0.5, 0.6) is 0 Å². The number of hydrogen-bond acceptors (Lipinski definition) is 7. The van der Waals surface area contributed by atoms with Crippen LogP contribution in [0.25, 0.3) is 0 Å². The molecule has 3 rings (SSSR count). The number of pyridine rings is 1. The molecule has 1 aliphatic heterocycles. The Kier molecular flexibility index (Phi) is 4.64. The second-order valence-electron chi connectivity index (χ2n) is 5.69. The van der Waals surface area contributed by atoms with Crippen molar-refractivity contribution in [2.75, 3.05) is 31.1 Å². The van der Waals surface area contributed by atoms with E-state index in [1.165, 1.54) is 6.20 Å². The summed E-state index contributed by atoms with van der Waals surface area (Å²) < 4.78 is 0. The average molecular weight is 319 g/mol. The highest BCUT2D eigenvalue weighted by molar-refractivity contribution is 5.49. The van der Waals surface area contributed by atoms with Crippen molar-refractivity contribution in [2.45, 2.75) is 13.5 Å². The molecule has 2 aromatic heterocycles. The van der Waals surface area contributed by atoms with Crippen molar-refractivity contribution in [2.24, 2.45) is 0 Å². The predicted molar refractivity (Wildman–Crippen MR) is 87.9 cm³/mol. The van der Waals surface area contributed by atoms with Gasteiger partial charge in [0.1, 0.15) is 12.1 Å². The number of anilines is 1. The monoisotopic (exact) mass is 319 g/mol. The average Bonchev–Trinajstić information content (AvgIpc) is 2.64. The Balaban J connectivity index is 1.64. The largest absolute Gasteiger partial charge is 0.352 e. The fourth-order valence-electron chi connectivity index (χ4n) is 2.79. The normalized spacial score (nSPS) is 14.9. The molecule has 2 aromatic rings. The van der Waals surface area contributed by atoms with Crippen LogP contribution >= 0.6 is 0 Å². The minimum absolute atomic E-state index is 0.368. The molecule has 1 saturated heterocycles. The Morgan fingerprint density at radius 2 is 1.79 bits per heavy atom. The summed E-state index contributed by atoms with van der Waals surface area (Å²) in [6.07, 6.45) is 4.98. The van der Waals surface area contributed by atoms with Crippen LogP contribution < -0.4 is 4.90 Å². The number of nitriles is 2. The molecule has 0 N–H and O–H groups in total. The van der Waals surface area contributed by atoms with E-state index in [1.54, 1.807) is 6.20 Å². The van der Waals surface area contributed by atoms with Crippen molar-refractivity contribution in [3.63, 3.8) is 0 Å². The molecule has 0 spiro atoms. The molecule has 0 aromatic carbocycles. The SMILES string of the molecule is Cc1ncc(CN2CCN(c3nccnc3C#N)CC2)cc1C#N. The van der Waals surface area contributed by atoms with Gasteiger partial charge in [-0.3, -0.25) is 9.88 Å². The van der Waals surface area contributed by atoms with Crippen molar-refractivity contribution in [1.29, 1.82) is 10.5 Å². The quantitative estimate of drug-likeness (QED) is 0.840. The van der Waals surface area contributed by atoms with Crippen LogP contribution in [0.1, 0.15) is 22.5 Å². The van der Waals surface area contributed by atoms with E-state index < -0.39 is 0 Å². The highest BCUT2D eigenvalue weighted by Gasteiger charge is 2.21. The van der Waals surface area contributed by atoms with Gasteiger partial charge in [0.25, 0.3) is 0 Å². The lowest BCUT2D eigenvalue weighted by atomic mass is 10.1. The molecular weight excluding hydrogens is 302 g/mol. The Bertz CT molecular complexity index is 810. The molecule has 120 valence electrons. The second-order valence-corrected chi connectivity index (χ2v) is 5.69. The summed E-state index contributed by atoms with van der Waals surface area (Å²) in [6, 6.07) is 6.18. The molecule has 3 heterocycles. The van der Waals surface area contributed by atoms with Crippen LogP contribution in [0.2, 0.25) is 0 Å². The predicted octanol–water partition coefficient (Wildman–Crippen LogP) is 1.25. The lowest BCUT2D eigenvalue weighted by Gasteiger charge is -2.35. The number of piperazine rings is 1. The molecule has 0 atom stereocenters. The highest BCUT2D eigenvalue weighted by atomic mass is 15.3. The molecule has 1 aliphatic rings. The summed E-state index contributed by atoms with van der Waals surface area (Å²) in [6.45, 7) is 5.90. The first-order chi connectivity index (χ1) is 11.7. The maximum absolute atomic E-state index is 9.14. The molecule has 0 bridgehead atoms. The minimum atomic E-state index is 0.368. The van der Waals surface area contributed by atoms with Gasteiger partial charge in [0.2, 0.25) is 0 Å². The van der Waals surface area contributed by atoms with E-state index in [9.17, 15) is 0 Å². The van der Waals surface area contributed by atoms with E-state index in [1.807, 2.05) is 19.2 Å². The number of nitrogens with zero attached hydrogens (tertiary/aromatic N) is 7. The second kappa shape index (κ2) is 7.03. The van der Waals surface area contributed by atoms with Gasteiger partial charge in [-0.25, -0.2) is 9.97 Å². The molecule has 0 saturated carbocycles. The van der Waals surface area contributed by atoms with Crippen LogP contribution in [0.15, 0.2) is 24.7 Å². The Morgan fingerprint density at radius 1 is 1.04 bits per heavy atom. The summed E-state index contributed by atoms with van der Waals surface area (Å²) in [5, 5.41) is 18.3. The number of aryl methyl sites for hydroxylation is 1. The molecule has 0 radical (unpaired) electrons. The van der Waals surface area contributed by atoms with Gasteiger partial charge in [0.05, 0.1) is 11.3 Å². The van der Waals surface area contributed by atoms with Gasteiger partial charge in [-0.2, -0.15) is 10.5 Å². The maximum Gasteiger partial charge on any atom is 0.183 e. The summed E-state index contributed by atoms with van der Waals surface area (Å²) in [5.41, 5.74) is 2.80. The van der Waals surface area contributed by atoms with E-state index in [-0.39, 0.29) is 0 Å². The Labute approximate surface area is 140 Å². The summed E-state index contributed by atoms with van der Waals surface area (Å²) >= 11 is 0. The maximum atomic E-state index is 9.14. The van der Waals surface area contributed by atoms with Gasteiger partial charge in [-0.05, 0) is 18.6 Å². The van der Waals surface area contributed by atoms with Gasteiger partial charge in [0.15, 0.2) is 11.5 Å². The van der Waals surface area contributed by atoms with Crippen LogP contribution in [0, 0.1) is 29.6 Å². The van der Waals surface area contributed by atoms with Crippen LogP contribution in [0.3, 0.4) is 0 Å². The van der Waals surface area contributed by atoms with Crippen LogP contribution in [-0.2, 0) is 6.54 Å². The summed E-state index contributed by atoms with van der Waals surface area (Å²) in [7, 11) is 0. The first-order valence-electron chi connectivity index (χ1n) is 7.75. The van der Waals surface area contributed by atoms with E-state index in [4.69, 9.17) is 10.5 Å². The van der Waals surface area contributed by atoms with Gasteiger partial charge in [0, 0.05) is 51.3 Å². The van der Waals surface area contributed by atoms with Gasteiger partial charge in [-0.1, -0.05) is 0 Å². The number of aromatic nitrogens is 3. The third-order valence-electron chi connectivity index (χ3n) is 4.13. The van der Waals surface area contributed by atoms with E-state index in [2.05, 4.69) is 36.9 Å². The number of rotatable bonds is 3. The molecule has 0 aliphatic carbocycles.